The first-order valence-electron chi connectivity index (χ1n) is 10.9. The van der Waals surface area contributed by atoms with Gasteiger partial charge in [-0.3, -0.25) is 0 Å². The van der Waals surface area contributed by atoms with Gasteiger partial charge in [0, 0.05) is 18.6 Å². The Morgan fingerprint density at radius 3 is 2.03 bits per heavy atom. The zero-order chi connectivity index (χ0) is 22.7. The van der Waals surface area contributed by atoms with Crippen LogP contribution >= 0.6 is 0 Å². The summed E-state index contributed by atoms with van der Waals surface area (Å²) in [5.41, 5.74) is 0. The summed E-state index contributed by atoms with van der Waals surface area (Å²) >= 11 is 0. The van der Waals surface area contributed by atoms with Crippen LogP contribution in [0.3, 0.4) is 0 Å². The van der Waals surface area contributed by atoms with E-state index >= 15 is 0 Å². The van der Waals surface area contributed by atoms with Gasteiger partial charge in [-0.25, -0.2) is 9.59 Å². The number of hydrogen-bond acceptors (Lipinski definition) is 6. The van der Waals surface area contributed by atoms with E-state index in [0.29, 0.717) is 11.5 Å². The molecular weight excluding hydrogens is 396 g/mol. The van der Waals surface area contributed by atoms with Gasteiger partial charge >= 0.3 is 11.9 Å². The molecule has 0 spiro atoms. The van der Waals surface area contributed by atoms with Crippen molar-refractivity contribution >= 4 is 11.9 Å². The molecular formula is C25H34O6. The predicted octanol–water partition coefficient (Wildman–Crippen LogP) is 5.24. The van der Waals surface area contributed by atoms with E-state index in [-0.39, 0.29) is 12.4 Å². The van der Waals surface area contributed by atoms with Gasteiger partial charge in [0.25, 0.3) is 0 Å². The fraction of sp³-hybridized carbons (Fsp3) is 0.520. The maximum absolute atomic E-state index is 12.0. The van der Waals surface area contributed by atoms with Crippen molar-refractivity contribution in [1.82, 2.24) is 0 Å². The second-order valence-corrected chi connectivity index (χ2v) is 6.93. The first kappa shape index (κ1) is 26.1. The summed E-state index contributed by atoms with van der Waals surface area (Å²) in [7, 11) is 2.91. The number of carbonyl (C=O) groups is 2. The van der Waals surface area contributed by atoms with Gasteiger partial charge in [-0.15, -0.1) is 0 Å². The summed E-state index contributed by atoms with van der Waals surface area (Å²) < 4.78 is 20.5. The number of ether oxygens (including phenoxy) is 4. The summed E-state index contributed by atoms with van der Waals surface area (Å²) in [6.07, 6.45) is 12.9. The topological polar surface area (TPSA) is 71.1 Å². The van der Waals surface area contributed by atoms with Gasteiger partial charge in [0.1, 0.15) is 0 Å². The molecule has 1 aromatic carbocycles. The molecule has 0 N–H and O–H groups in total. The summed E-state index contributed by atoms with van der Waals surface area (Å²) in [4.78, 5) is 23.7. The lowest BCUT2D eigenvalue weighted by Crippen LogP contribution is -2.08. The number of para-hydroxylation sites is 1. The van der Waals surface area contributed by atoms with Crippen molar-refractivity contribution in [2.45, 2.75) is 64.7 Å². The first-order chi connectivity index (χ1) is 15.1. The molecule has 1 rings (SSSR count). The summed E-state index contributed by atoms with van der Waals surface area (Å²) in [5, 5.41) is 0. The van der Waals surface area contributed by atoms with Crippen LogP contribution in [0.15, 0.2) is 30.4 Å². The molecule has 0 bridgehead atoms. The molecule has 6 heteroatoms. The zero-order valence-electron chi connectivity index (χ0n) is 18.9. The molecule has 0 saturated heterocycles. The highest BCUT2D eigenvalue weighted by Crippen LogP contribution is 2.36. The highest BCUT2D eigenvalue weighted by Gasteiger charge is 2.14. The minimum atomic E-state index is -0.750. The molecule has 0 aromatic heterocycles. The Hall–Kier alpha value is -2.94. The van der Waals surface area contributed by atoms with Gasteiger partial charge in [-0.2, -0.15) is 0 Å². The number of methoxy groups -OCH3 is 2. The Kier molecular flexibility index (Phi) is 14.2. The van der Waals surface area contributed by atoms with Crippen LogP contribution in [0.1, 0.15) is 64.7 Å². The van der Waals surface area contributed by atoms with Gasteiger partial charge in [-0.05, 0) is 18.6 Å². The molecule has 0 saturated carbocycles. The van der Waals surface area contributed by atoms with Crippen LogP contribution in [0.4, 0.5) is 0 Å². The van der Waals surface area contributed by atoms with Gasteiger partial charge in [0.05, 0.1) is 14.2 Å². The monoisotopic (exact) mass is 430 g/mol. The standard InChI is InChI=1S/C25H34O6/c1-4-5-6-7-8-9-10-11-12-13-14-20-30-23(26)18-19-24(27)31-25-21(28-2)16-15-17-22(25)29-3/h15-19H,4-12,20H2,1-3H3/b19-18+. The quantitative estimate of drug-likeness (QED) is 0.132. The molecule has 0 amide bonds. The van der Waals surface area contributed by atoms with E-state index in [4.69, 9.17) is 18.9 Å². The lowest BCUT2D eigenvalue weighted by molar-refractivity contribution is -0.137. The Morgan fingerprint density at radius 1 is 0.839 bits per heavy atom. The second-order valence-electron chi connectivity index (χ2n) is 6.93. The van der Waals surface area contributed by atoms with E-state index < -0.39 is 11.9 Å². The highest BCUT2D eigenvalue weighted by atomic mass is 16.6. The van der Waals surface area contributed by atoms with Crippen molar-refractivity contribution in [2.24, 2.45) is 0 Å². The number of hydrogen-bond donors (Lipinski definition) is 0. The lowest BCUT2D eigenvalue weighted by atomic mass is 10.1. The first-order valence-corrected chi connectivity index (χ1v) is 10.9. The zero-order valence-corrected chi connectivity index (χ0v) is 18.9. The van der Waals surface area contributed by atoms with Crippen LogP contribution in [0.2, 0.25) is 0 Å². The van der Waals surface area contributed by atoms with Gasteiger partial charge < -0.3 is 18.9 Å². The molecule has 0 aliphatic heterocycles. The molecule has 0 atom stereocenters. The van der Waals surface area contributed by atoms with Crippen LogP contribution in [-0.4, -0.2) is 32.8 Å². The predicted molar refractivity (Wildman–Crippen MR) is 120 cm³/mol. The van der Waals surface area contributed by atoms with E-state index in [1.54, 1.807) is 18.2 Å². The van der Waals surface area contributed by atoms with Gasteiger partial charge in [0.2, 0.25) is 5.75 Å². The Balaban J connectivity index is 2.24. The second kappa shape index (κ2) is 16.8. The molecule has 0 aliphatic rings. The Labute approximate surface area is 185 Å². The SMILES string of the molecule is CCCCCCCCCCC#CCOC(=O)/C=C/C(=O)Oc1c(OC)cccc1OC. The number of rotatable bonds is 14. The average molecular weight is 431 g/mol. The Bertz CT molecular complexity index is 735. The number of benzene rings is 1. The third kappa shape index (κ3) is 11.7. The number of unbranched alkanes of at least 4 members (excludes halogenated alkanes) is 8. The van der Waals surface area contributed by atoms with Crippen molar-refractivity contribution in [2.75, 3.05) is 20.8 Å². The Morgan fingerprint density at radius 2 is 1.42 bits per heavy atom. The minimum absolute atomic E-state index is 0.00440. The summed E-state index contributed by atoms with van der Waals surface area (Å²) in [6, 6.07) is 4.97. The van der Waals surface area contributed by atoms with Crippen molar-refractivity contribution in [3.8, 4) is 29.1 Å². The smallest absolute Gasteiger partial charge is 0.336 e. The fourth-order valence-electron chi connectivity index (χ4n) is 2.83. The van der Waals surface area contributed by atoms with Crippen LogP contribution in [0.5, 0.6) is 17.2 Å². The maximum atomic E-state index is 12.0. The van der Waals surface area contributed by atoms with Crippen molar-refractivity contribution in [3.05, 3.63) is 30.4 Å². The van der Waals surface area contributed by atoms with Crippen molar-refractivity contribution in [1.29, 1.82) is 0 Å². The maximum Gasteiger partial charge on any atom is 0.336 e. The van der Waals surface area contributed by atoms with E-state index in [0.717, 1.165) is 25.0 Å². The van der Waals surface area contributed by atoms with Crippen LogP contribution in [0, 0.1) is 11.8 Å². The molecule has 6 nitrogen and oxygen atoms in total. The lowest BCUT2D eigenvalue weighted by Gasteiger charge is -2.11. The van der Waals surface area contributed by atoms with Crippen molar-refractivity contribution in [3.63, 3.8) is 0 Å². The largest absolute Gasteiger partial charge is 0.493 e. The van der Waals surface area contributed by atoms with E-state index in [2.05, 4.69) is 18.8 Å². The number of carbonyl (C=O) groups excluding carboxylic acids is 2. The molecule has 0 radical (unpaired) electrons. The molecule has 1 aromatic rings. The molecule has 0 aliphatic carbocycles. The molecule has 31 heavy (non-hydrogen) atoms. The third-order valence-corrected chi connectivity index (χ3v) is 4.51. The molecule has 0 unspecified atom stereocenters. The van der Waals surface area contributed by atoms with Gasteiger partial charge in [-0.1, -0.05) is 69.8 Å². The minimum Gasteiger partial charge on any atom is -0.493 e. The molecule has 170 valence electrons. The summed E-state index contributed by atoms with van der Waals surface area (Å²) in [5.74, 6) is 5.24. The summed E-state index contributed by atoms with van der Waals surface area (Å²) in [6.45, 7) is 2.22. The van der Waals surface area contributed by atoms with E-state index in [1.807, 2.05) is 0 Å². The molecule has 0 heterocycles. The number of esters is 2. The van der Waals surface area contributed by atoms with E-state index in [1.165, 1.54) is 59.2 Å². The fourth-order valence-corrected chi connectivity index (χ4v) is 2.83. The van der Waals surface area contributed by atoms with Crippen LogP contribution in [-0.2, 0) is 14.3 Å². The van der Waals surface area contributed by atoms with Crippen LogP contribution in [0.25, 0.3) is 0 Å². The van der Waals surface area contributed by atoms with Gasteiger partial charge in [0.15, 0.2) is 18.1 Å². The highest BCUT2D eigenvalue weighted by molar-refractivity contribution is 5.93. The van der Waals surface area contributed by atoms with Crippen molar-refractivity contribution < 1.29 is 28.5 Å². The van der Waals surface area contributed by atoms with Crippen LogP contribution < -0.4 is 14.2 Å². The molecule has 0 fully saturated rings. The van der Waals surface area contributed by atoms with E-state index in [9.17, 15) is 9.59 Å². The average Bonchev–Trinajstić information content (AvgIpc) is 2.78. The normalized spacial score (nSPS) is 10.3. The third-order valence-electron chi connectivity index (χ3n) is 4.51.